The van der Waals surface area contributed by atoms with Crippen molar-refractivity contribution in [1.29, 1.82) is 0 Å². The molecule has 3 unspecified atom stereocenters. The number of likely N-dealkylation sites (tertiary alicyclic amines) is 1. The van der Waals surface area contributed by atoms with Crippen LogP contribution in [0.1, 0.15) is 38.4 Å². The minimum atomic E-state index is 0.263. The molecular weight excluding hydrogens is 236 g/mol. The molecule has 19 heavy (non-hydrogen) atoms. The Morgan fingerprint density at radius 1 is 1.47 bits per heavy atom. The van der Waals surface area contributed by atoms with Crippen LogP contribution in [-0.4, -0.2) is 47.7 Å². The number of imidazole rings is 1. The number of nitrogens with one attached hydrogen (secondary N) is 1. The summed E-state index contributed by atoms with van der Waals surface area (Å²) < 4.78 is 2.48. The molecule has 0 bridgehead atoms. The molecule has 0 amide bonds. The first-order chi connectivity index (χ1) is 9.10. The minimum absolute atomic E-state index is 0.263. The molecule has 0 spiro atoms. The zero-order valence-corrected chi connectivity index (χ0v) is 12.4. The standard InChI is InChI=1S/C15H26N4/c1-12-9-18(3)7-4-13(12)19-11-17-8-14(19)15(2)5-6-16-10-15/h8,11-13,16H,4-7,9-10H2,1-3H3. The number of hydrogen-bond donors (Lipinski definition) is 1. The van der Waals surface area contributed by atoms with Crippen LogP contribution in [0.2, 0.25) is 0 Å². The molecule has 1 aromatic rings. The second kappa shape index (κ2) is 4.91. The van der Waals surface area contributed by atoms with Crippen LogP contribution in [0.3, 0.4) is 0 Å². The maximum absolute atomic E-state index is 4.46. The van der Waals surface area contributed by atoms with E-state index >= 15 is 0 Å². The summed E-state index contributed by atoms with van der Waals surface area (Å²) >= 11 is 0. The molecule has 1 aromatic heterocycles. The summed E-state index contributed by atoms with van der Waals surface area (Å²) in [7, 11) is 2.23. The lowest BCUT2D eigenvalue weighted by atomic mass is 9.85. The molecule has 3 atom stereocenters. The van der Waals surface area contributed by atoms with Gasteiger partial charge in [-0.2, -0.15) is 0 Å². The number of rotatable bonds is 2. The number of piperidine rings is 1. The summed E-state index contributed by atoms with van der Waals surface area (Å²) in [6.07, 6.45) is 6.62. The van der Waals surface area contributed by atoms with Gasteiger partial charge in [0.1, 0.15) is 0 Å². The van der Waals surface area contributed by atoms with Crippen LogP contribution in [-0.2, 0) is 5.41 Å². The molecule has 0 saturated carbocycles. The predicted octanol–water partition coefficient (Wildman–Crippen LogP) is 1.65. The van der Waals surface area contributed by atoms with Gasteiger partial charge in [0.2, 0.25) is 0 Å². The van der Waals surface area contributed by atoms with Crippen molar-refractivity contribution in [2.24, 2.45) is 5.92 Å². The fraction of sp³-hybridized carbons (Fsp3) is 0.800. The highest BCUT2D eigenvalue weighted by Crippen LogP contribution is 2.35. The van der Waals surface area contributed by atoms with Crippen LogP contribution in [0, 0.1) is 5.92 Å². The average molecular weight is 262 g/mol. The zero-order valence-electron chi connectivity index (χ0n) is 12.4. The summed E-state index contributed by atoms with van der Waals surface area (Å²) in [5, 5.41) is 3.50. The van der Waals surface area contributed by atoms with Crippen LogP contribution < -0.4 is 5.32 Å². The molecule has 4 heteroatoms. The van der Waals surface area contributed by atoms with E-state index in [1.54, 1.807) is 0 Å². The van der Waals surface area contributed by atoms with Gasteiger partial charge in [0, 0.05) is 36.4 Å². The van der Waals surface area contributed by atoms with E-state index < -0.39 is 0 Å². The van der Waals surface area contributed by atoms with Gasteiger partial charge in [0.05, 0.1) is 6.33 Å². The minimum Gasteiger partial charge on any atom is -0.331 e. The maximum Gasteiger partial charge on any atom is 0.0951 e. The molecule has 4 nitrogen and oxygen atoms in total. The van der Waals surface area contributed by atoms with Crippen molar-refractivity contribution in [3.63, 3.8) is 0 Å². The van der Waals surface area contributed by atoms with Crippen molar-refractivity contribution in [2.45, 2.75) is 38.1 Å². The number of nitrogens with zero attached hydrogens (tertiary/aromatic N) is 3. The van der Waals surface area contributed by atoms with E-state index in [1.165, 1.54) is 31.6 Å². The number of hydrogen-bond acceptors (Lipinski definition) is 3. The van der Waals surface area contributed by atoms with Crippen LogP contribution >= 0.6 is 0 Å². The molecule has 3 rings (SSSR count). The van der Waals surface area contributed by atoms with Crippen LogP contribution in [0.15, 0.2) is 12.5 Å². The lowest BCUT2D eigenvalue weighted by Gasteiger charge is -2.38. The van der Waals surface area contributed by atoms with E-state index in [2.05, 4.69) is 53.2 Å². The quantitative estimate of drug-likeness (QED) is 0.880. The second-order valence-electron chi connectivity index (χ2n) is 6.77. The predicted molar refractivity (Wildman–Crippen MR) is 77.4 cm³/mol. The van der Waals surface area contributed by atoms with E-state index in [0.29, 0.717) is 12.0 Å². The average Bonchev–Trinajstić information content (AvgIpc) is 2.98. The second-order valence-corrected chi connectivity index (χ2v) is 6.77. The Labute approximate surface area is 116 Å². The van der Waals surface area contributed by atoms with E-state index in [0.717, 1.165) is 13.1 Å². The van der Waals surface area contributed by atoms with Gasteiger partial charge in [-0.25, -0.2) is 4.98 Å². The van der Waals surface area contributed by atoms with Crippen molar-refractivity contribution in [3.05, 3.63) is 18.2 Å². The summed E-state index contributed by atoms with van der Waals surface area (Å²) in [5.74, 6) is 0.699. The largest absolute Gasteiger partial charge is 0.331 e. The first-order valence-corrected chi connectivity index (χ1v) is 7.52. The van der Waals surface area contributed by atoms with E-state index in [1.807, 2.05) is 0 Å². The van der Waals surface area contributed by atoms with Gasteiger partial charge in [-0.15, -0.1) is 0 Å². The Kier molecular flexibility index (Phi) is 3.39. The molecule has 0 aliphatic carbocycles. The normalized spacial score (nSPS) is 36.8. The molecular formula is C15H26N4. The van der Waals surface area contributed by atoms with Crippen molar-refractivity contribution < 1.29 is 0 Å². The smallest absolute Gasteiger partial charge is 0.0951 e. The Morgan fingerprint density at radius 3 is 3.00 bits per heavy atom. The first-order valence-electron chi connectivity index (χ1n) is 7.52. The summed E-state index contributed by atoms with van der Waals surface area (Å²) in [6.45, 7) is 9.35. The third kappa shape index (κ3) is 2.32. The maximum atomic E-state index is 4.46. The molecule has 2 aliphatic heterocycles. The van der Waals surface area contributed by atoms with Crippen LogP contribution in [0.25, 0.3) is 0 Å². The van der Waals surface area contributed by atoms with Gasteiger partial charge >= 0.3 is 0 Å². The van der Waals surface area contributed by atoms with Crippen molar-refractivity contribution in [2.75, 3.05) is 33.2 Å². The number of aromatic nitrogens is 2. The highest BCUT2D eigenvalue weighted by atomic mass is 15.2. The Balaban J connectivity index is 1.87. The molecule has 106 valence electrons. The highest BCUT2D eigenvalue weighted by molar-refractivity contribution is 5.18. The van der Waals surface area contributed by atoms with Crippen molar-refractivity contribution in [3.8, 4) is 0 Å². The Hall–Kier alpha value is -0.870. The zero-order chi connectivity index (χ0) is 13.5. The lowest BCUT2D eigenvalue weighted by Crippen LogP contribution is -2.39. The van der Waals surface area contributed by atoms with Gasteiger partial charge in [0.15, 0.2) is 0 Å². The van der Waals surface area contributed by atoms with Gasteiger partial charge in [0.25, 0.3) is 0 Å². The molecule has 0 aromatic carbocycles. The summed E-state index contributed by atoms with van der Waals surface area (Å²) in [5.41, 5.74) is 1.69. The summed E-state index contributed by atoms with van der Waals surface area (Å²) in [4.78, 5) is 6.90. The molecule has 2 fully saturated rings. The van der Waals surface area contributed by atoms with Crippen molar-refractivity contribution >= 4 is 0 Å². The topological polar surface area (TPSA) is 33.1 Å². The lowest BCUT2D eigenvalue weighted by molar-refractivity contribution is 0.154. The molecule has 1 N–H and O–H groups in total. The van der Waals surface area contributed by atoms with E-state index in [-0.39, 0.29) is 5.41 Å². The third-order valence-electron chi connectivity index (χ3n) is 5.07. The van der Waals surface area contributed by atoms with Crippen LogP contribution in [0.4, 0.5) is 0 Å². The van der Waals surface area contributed by atoms with E-state index in [9.17, 15) is 0 Å². The van der Waals surface area contributed by atoms with E-state index in [4.69, 9.17) is 0 Å². The highest BCUT2D eigenvalue weighted by Gasteiger charge is 2.36. The Bertz CT molecular complexity index is 433. The van der Waals surface area contributed by atoms with Gasteiger partial charge < -0.3 is 14.8 Å². The third-order valence-corrected chi connectivity index (χ3v) is 5.07. The Morgan fingerprint density at radius 2 is 2.32 bits per heavy atom. The van der Waals surface area contributed by atoms with Crippen molar-refractivity contribution in [1.82, 2.24) is 19.8 Å². The van der Waals surface area contributed by atoms with Gasteiger partial charge in [-0.1, -0.05) is 13.8 Å². The molecule has 2 aliphatic rings. The SMILES string of the molecule is CC1CN(C)CCC1n1cncc1C1(C)CCNC1. The molecule has 0 radical (unpaired) electrons. The monoisotopic (exact) mass is 262 g/mol. The molecule has 3 heterocycles. The fourth-order valence-electron chi connectivity index (χ4n) is 3.83. The fourth-order valence-corrected chi connectivity index (χ4v) is 3.83. The first kappa shape index (κ1) is 13.1. The molecule has 2 saturated heterocycles. The van der Waals surface area contributed by atoms with Gasteiger partial charge in [-0.3, -0.25) is 0 Å². The summed E-state index contributed by atoms with van der Waals surface area (Å²) in [6, 6.07) is 0.617. The van der Waals surface area contributed by atoms with Gasteiger partial charge in [-0.05, 0) is 38.9 Å². The van der Waals surface area contributed by atoms with Crippen LogP contribution in [0.5, 0.6) is 0 Å².